The predicted octanol–water partition coefficient (Wildman–Crippen LogP) is 2.62. The molecule has 0 saturated heterocycles. The third-order valence-corrected chi connectivity index (χ3v) is 2.31. The SMILES string of the molecule is CCCN(C)C(=O)c1ccc(F)c(C)c1. The van der Waals surface area contributed by atoms with E-state index in [9.17, 15) is 9.18 Å². The minimum Gasteiger partial charge on any atom is -0.342 e. The van der Waals surface area contributed by atoms with Crippen LogP contribution < -0.4 is 0 Å². The molecule has 0 spiro atoms. The van der Waals surface area contributed by atoms with Crippen molar-refractivity contribution in [2.24, 2.45) is 0 Å². The summed E-state index contributed by atoms with van der Waals surface area (Å²) in [5.41, 5.74) is 1.05. The van der Waals surface area contributed by atoms with Crippen molar-refractivity contribution in [2.75, 3.05) is 13.6 Å². The maximum Gasteiger partial charge on any atom is 0.253 e. The highest BCUT2D eigenvalue weighted by molar-refractivity contribution is 5.94. The van der Waals surface area contributed by atoms with E-state index in [-0.39, 0.29) is 11.7 Å². The predicted molar refractivity (Wildman–Crippen MR) is 58.4 cm³/mol. The van der Waals surface area contributed by atoms with E-state index in [1.807, 2.05) is 6.92 Å². The maximum atomic E-state index is 13.0. The van der Waals surface area contributed by atoms with Crippen molar-refractivity contribution in [1.82, 2.24) is 4.90 Å². The fraction of sp³-hybridized carbons (Fsp3) is 0.417. The van der Waals surface area contributed by atoms with Crippen molar-refractivity contribution in [1.29, 1.82) is 0 Å². The third kappa shape index (κ3) is 2.78. The van der Waals surface area contributed by atoms with E-state index in [0.717, 1.165) is 13.0 Å². The molecule has 0 unspecified atom stereocenters. The van der Waals surface area contributed by atoms with E-state index in [4.69, 9.17) is 0 Å². The maximum absolute atomic E-state index is 13.0. The number of halogens is 1. The van der Waals surface area contributed by atoms with E-state index in [1.54, 1.807) is 24.9 Å². The van der Waals surface area contributed by atoms with Crippen LogP contribution in [0.3, 0.4) is 0 Å². The van der Waals surface area contributed by atoms with Crippen LogP contribution >= 0.6 is 0 Å². The van der Waals surface area contributed by atoms with Crippen molar-refractivity contribution in [3.63, 3.8) is 0 Å². The lowest BCUT2D eigenvalue weighted by molar-refractivity contribution is 0.0795. The molecule has 1 rings (SSSR count). The number of nitrogens with zero attached hydrogens (tertiary/aromatic N) is 1. The fourth-order valence-electron chi connectivity index (χ4n) is 1.44. The van der Waals surface area contributed by atoms with Gasteiger partial charge in [0, 0.05) is 19.2 Å². The molecule has 15 heavy (non-hydrogen) atoms. The Morgan fingerprint density at radius 3 is 2.67 bits per heavy atom. The number of carbonyl (C=O) groups is 1. The highest BCUT2D eigenvalue weighted by Gasteiger charge is 2.11. The zero-order valence-electron chi connectivity index (χ0n) is 9.38. The number of benzene rings is 1. The largest absolute Gasteiger partial charge is 0.342 e. The quantitative estimate of drug-likeness (QED) is 0.749. The van der Waals surface area contributed by atoms with Gasteiger partial charge in [0.05, 0.1) is 0 Å². The second-order valence-corrected chi connectivity index (χ2v) is 3.69. The summed E-state index contributed by atoms with van der Waals surface area (Å²) in [4.78, 5) is 13.4. The number of rotatable bonds is 3. The number of aryl methyl sites for hydroxylation is 1. The van der Waals surface area contributed by atoms with E-state index in [0.29, 0.717) is 11.1 Å². The van der Waals surface area contributed by atoms with Crippen molar-refractivity contribution < 1.29 is 9.18 Å². The smallest absolute Gasteiger partial charge is 0.253 e. The summed E-state index contributed by atoms with van der Waals surface area (Å²) in [7, 11) is 1.75. The normalized spacial score (nSPS) is 10.1. The van der Waals surface area contributed by atoms with Crippen LogP contribution in [0.5, 0.6) is 0 Å². The third-order valence-electron chi connectivity index (χ3n) is 2.31. The van der Waals surface area contributed by atoms with Gasteiger partial charge in [-0.1, -0.05) is 6.92 Å². The summed E-state index contributed by atoms with van der Waals surface area (Å²) in [5, 5.41) is 0. The first-order valence-corrected chi connectivity index (χ1v) is 5.08. The van der Waals surface area contributed by atoms with Crippen molar-refractivity contribution >= 4 is 5.91 Å². The van der Waals surface area contributed by atoms with Gasteiger partial charge in [-0.15, -0.1) is 0 Å². The molecule has 0 aliphatic carbocycles. The van der Waals surface area contributed by atoms with Crippen LogP contribution in [0.2, 0.25) is 0 Å². The molecule has 2 nitrogen and oxygen atoms in total. The average Bonchev–Trinajstić information content (AvgIpc) is 2.21. The molecule has 0 atom stereocenters. The first-order chi connectivity index (χ1) is 7.06. The van der Waals surface area contributed by atoms with Crippen LogP contribution in [0.15, 0.2) is 18.2 Å². The molecule has 0 N–H and O–H groups in total. The van der Waals surface area contributed by atoms with Crippen molar-refractivity contribution in [2.45, 2.75) is 20.3 Å². The number of hydrogen-bond donors (Lipinski definition) is 0. The first-order valence-electron chi connectivity index (χ1n) is 5.08. The zero-order chi connectivity index (χ0) is 11.4. The summed E-state index contributed by atoms with van der Waals surface area (Å²) in [6.45, 7) is 4.39. The number of hydrogen-bond acceptors (Lipinski definition) is 1. The summed E-state index contributed by atoms with van der Waals surface area (Å²) in [6, 6.07) is 4.45. The summed E-state index contributed by atoms with van der Waals surface area (Å²) in [6.07, 6.45) is 0.919. The van der Waals surface area contributed by atoms with Crippen LogP contribution in [0.1, 0.15) is 29.3 Å². The molecule has 0 bridgehead atoms. The molecule has 0 radical (unpaired) electrons. The van der Waals surface area contributed by atoms with Crippen molar-refractivity contribution in [3.8, 4) is 0 Å². The molecule has 1 aromatic carbocycles. The second-order valence-electron chi connectivity index (χ2n) is 3.69. The number of carbonyl (C=O) groups excluding carboxylic acids is 1. The van der Waals surface area contributed by atoms with Crippen LogP contribution in [0.25, 0.3) is 0 Å². The van der Waals surface area contributed by atoms with Gasteiger partial charge in [-0.2, -0.15) is 0 Å². The lowest BCUT2D eigenvalue weighted by Crippen LogP contribution is -2.27. The molecule has 0 heterocycles. The van der Waals surface area contributed by atoms with Gasteiger partial charge >= 0.3 is 0 Å². The van der Waals surface area contributed by atoms with Crippen molar-refractivity contribution in [3.05, 3.63) is 35.1 Å². The molecular weight excluding hydrogens is 193 g/mol. The average molecular weight is 209 g/mol. The molecule has 1 aromatic rings. The molecule has 3 heteroatoms. The summed E-state index contributed by atoms with van der Waals surface area (Å²) in [5.74, 6) is -0.329. The monoisotopic (exact) mass is 209 g/mol. The standard InChI is InChI=1S/C12H16FNO/c1-4-7-14(3)12(15)10-5-6-11(13)9(2)8-10/h5-6,8H,4,7H2,1-3H3. The van der Waals surface area contributed by atoms with Gasteiger partial charge in [0.15, 0.2) is 0 Å². The Labute approximate surface area is 89.7 Å². The van der Waals surface area contributed by atoms with E-state index < -0.39 is 0 Å². The van der Waals surface area contributed by atoms with Gasteiger partial charge in [-0.3, -0.25) is 4.79 Å². The van der Waals surface area contributed by atoms with Gasteiger partial charge in [-0.05, 0) is 37.1 Å². The minimum atomic E-state index is -0.273. The van der Waals surface area contributed by atoms with Gasteiger partial charge < -0.3 is 4.90 Å². The van der Waals surface area contributed by atoms with E-state index in [2.05, 4.69) is 0 Å². The number of amides is 1. The summed E-state index contributed by atoms with van der Waals surface area (Å²) >= 11 is 0. The molecule has 1 amide bonds. The molecular formula is C12H16FNO. The van der Waals surface area contributed by atoms with Gasteiger partial charge in [0.2, 0.25) is 0 Å². The lowest BCUT2D eigenvalue weighted by atomic mass is 10.1. The summed E-state index contributed by atoms with van der Waals surface area (Å²) < 4.78 is 13.0. The first kappa shape index (κ1) is 11.7. The zero-order valence-corrected chi connectivity index (χ0v) is 9.38. The van der Waals surface area contributed by atoms with Crippen LogP contribution in [-0.2, 0) is 0 Å². The fourth-order valence-corrected chi connectivity index (χ4v) is 1.44. The van der Waals surface area contributed by atoms with Gasteiger partial charge in [0.1, 0.15) is 5.82 Å². The van der Waals surface area contributed by atoms with E-state index >= 15 is 0 Å². The molecule has 0 aromatic heterocycles. The van der Waals surface area contributed by atoms with E-state index in [1.165, 1.54) is 12.1 Å². The molecule has 0 aliphatic rings. The topological polar surface area (TPSA) is 20.3 Å². The minimum absolute atomic E-state index is 0.0556. The van der Waals surface area contributed by atoms with Gasteiger partial charge in [0.25, 0.3) is 5.91 Å². The van der Waals surface area contributed by atoms with Crippen LogP contribution in [-0.4, -0.2) is 24.4 Å². The molecule has 0 aliphatic heterocycles. The van der Waals surface area contributed by atoms with Crippen LogP contribution in [0, 0.1) is 12.7 Å². The Hall–Kier alpha value is -1.38. The second kappa shape index (κ2) is 4.91. The van der Waals surface area contributed by atoms with Gasteiger partial charge in [-0.25, -0.2) is 4.39 Å². The Balaban J connectivity index is 2.87. The Morgan fingerprint density at radius 1 is 1.47 bits per heavy atom. The Kier molecular flexibility index (Phi) is 3.83. The highest BCUT2D eigenvalue weighted by atomic mass is 19.1. The molecule has 0 saturated carbocycles. The molecule has 0 fully saturated rings. The Morgan fingerprint density at radius 2 is 2.13 bits per heavy atom. The molecule has 82 valence electrons. The lowest BCUT2D eigenvalue weighted by Gasteiger charge is -2.16. The van der Waals surface area contributed by atoms with Crippen LogP contribution in [0.4, 0.5) is 4.39 Å². The Bertz CT molecular complexity index is 363. The highest BCUT2D eigenvalue weighted by Crippen LogP contribution is 2.11.